The standard InChI is InChI=1S/C13H16N4O3/c1-7-5-8(2)10(6-9(7)14)20-13-16-11(18-3)15-12(17-13)19-4/h5-6H,14H2,1-4H3. The van der Waals surface area contributed by atoms with E-state index in [4.69, 9.17) is 19.9 Å². The van der Waals surface area contributed by atoms with Gasteiger partial charge in [-0.05, 0) is 25.0 Å². The van der Waals surface area contributed by atoms with E-state index in [0.717, 1.165) is 11.1 Å². The lowest BCUT2D eigenvalue weighted by molar-refractivity contribution is 0.320. The van der Waals surface area contributed by atoms with Gasteiger partial charge in [0.15, 0.2) is 0 Å². The van der Waals surface area contributed by atoms with Gasteiger partial charge in [-0.25, -0.2) is 0 Å². The third kappa shape index (κ3) is 2.87. The van der Waals surface area contributed by atoms with Crippen molar-refractivity contribution in [1.29, 1.82) is 0 Å². The summed E-state index contributed by atoms with van der Waals surface area (Å²) in [5, 5.41) is 0. The maximum Gasteiger partial charge on any atom is 0.331 e. The summed E-state index contributed by atoms with van der Waals surface area (Å²) in [4.78, 5) is 11.9. The molecule has 0 atom stereocenters. The molecule has 1 aromatic carbocycles. The van der Waals surface area contributed by atoms with Gasteiger partial charge in [-0.15, -0.1) is 15.0 Å². The molecule has 0 saturated carbocycles. The maximum atomic E-state index is 5.87. The molecule has 0 aliphatic rings. The van der Waals surface area contributed by atoms with E-state index in [9.17, 15) is 0 Å². The highest BCUT2D eigenvalue weighted by atomic mass is 16.5. The van der Waals surface area contributed by atoms with E-state index in [-0.39, 0.29) is 18.0 Å². The van der Waals surface area contributed by atoms with E-state index in [2.05, 4.69) is 15.0 Å². The zero-order valence-corrected chi connectivity index (χ0v) is 11.8. The zero-order chi connectivity index (χ0) is 14.7. The Morgan fingerprint density at radius 3 is 1.95 bits per heavy atom. The van der Waals surface area contributed by atoms with Crippen LogP contribution in [0.3, 0.4) is 0 Å². The average Bonchev–Trinajstić information content (AvgIpc) is 2.44. The van der Waals surface area contributed by atoms with Crippen LogP contribution < -0.4 is 19.9 Å². The maximum absolute atomic E-state index is 5.87. The summed E-state index contributed by atoms with van der Waals surface area (Å²) in [6.45, 7) is 3.85. The molecule has 0 radical (unpaired) electrons. The van der Waals surface area contributed by atoms with Crippen molar-refractivity contribution in [2.75, 3.05) is 20.0 Å². The highest BCUT2D eigenvalue weighted by Gasteiger charge is 2.11. The van der Waals surface area contributed by atoms with E-state index in [1.165, 1.54) is 14.2 Å². The number of hydrogen-bond acceptors (Lipinski definition) is 7. The van der Waals surface area contributed by atoms with E-state index >= 15 is 0 Å². The third-order valence-electron chi connectivity index (χ3n) is 2.70. The van der Waals surface area contributed by atoms with Gasteiger partial charge in [0.05, 0.1) is 14.2 Å². The Morgan fingerprint density at radius 2 is 1.40 bits per heavy atom. The number of hydrogen-bond donors (Lipinski definition) is 1. The first kappa shape index (κ1) is 13.9. The highest BCUT2D eigenvalue weighted by Crippen LogP contribution is 2.28. The summed E-state index contributed by atoms with van der Waals surface area (Å²) in [7, 11) is 2.90. The molecule has 2 rings (SSSR count). The molecule has 7 nitrogen and oxygen atoms in total. The number of rotatable bonds is 4. The first-order valence-corrected chi connectivity index (χ1v) is 5.92. The third-order valence-corrected chi connectivity index (χ3v) is 2.70. The Bertz CT molecular complexity index is 609. The van der Waals surface area contributed by atoms with Gasteiger partial charge < -0.3 is 19.9 Å². The summed E-state index contributed by atoms with van der Waals surface area (Å²) in [6.07, 6.45) is 0. The Hall–Kier alpha value is -2.57. The minimum atomic E-state index is 0.0834. The van der Waals surface area contributed by atoms with Crippen LogP contribution in [0.2, 0.25) is 0 Å². The van der Waals surface area contributed by atoms with Crippen LogP contribution in [0.1, 0.15) is 11.1 Å². The van der Waals surface area contributed by atoms with Crippen LogP contribution in [0.25, 0.3) is 0 Å². The number of benzene rings is 1. The Morgan fingerprint density at radius 1 is 0.850 bits per heavy atom. The molecule has 20 heavy (non-hydrogen) atoms. The van der Waals surface area contributed by atoms with E-state index in [1.54, 1.807) is 6.07 Å². The summed E-state index contributed by atoms with van der Waals surface area (Å²) in [6, 6.07) is 3.97. The second-order valence-corrected chi connectivity index (χ2v) is 4.17. The SMILES string of the molecule is COc1nc(OC)nc(Oc2cc(N)c(C)cc2C)n1. The molecule has 1 heterocycles. The minimum absolute atomic E-state index is 0.0834. The zero-order valence-electron chi connectivity index (χ0n) is 11.8. The topological polar surface area (TPSA) is 92.4 Å². The van der Waals surface area contributed by atoms with Crippen LogP contribution in [0, 0.1) is 13.8 Å². The second-order valence-electron chi connectivity index (χ2n) is 4.17. The van der Waals surface area contributed by atoms with Crippen LogP contribution in [0.15, 0.2) is 12.1 Å². The first-order chi connectivity index (χ1) is 9.53. The summed E-state index contributed by atoms with van der Waals surface area (Å²) in [5.74, 6) is 0.573. The van der Waals surface area contributed by atoms with Crippen LogP contribution in [0.5, 0.6) is 23.8 Å². The summed E-state index contributed by atoms with van der Waals surface area (Å²) in [5.41, 5.74) is 8.42. The molecule has 106 valence electrons. The van der Waals surface area contributed by atoms with Gasteiger partial charge in [0.2, 0.25) is 0 Å². The van der Waals surface area contributed by atoms with Crippen LogP contribution in [-0.4, -0.2) is 29.2 Å². The largest absolute Gasteiger partial charge is 0.467 e. The smallest absolute Gasteiger partial charge is 0.331 e. The molecule has 0 spiro atoms. The number of anilines is 1. The molecule has 0 saturated heterocycles. The molecule has 7 heteroatoms. The normalized spacial score (nSPS) is 10.2. The van der Waals surface area contributed by atoms with Crippen molar-refractivity contribution in [3.63, 3.8) is 0 Å². The molecule has 0 amide bonds. The van der Waals surface area contributed by atoms with Gasteiger partial charge in [0, 0.05) is 11.8 Å². The number of methoxy groups -OCH3 is 2. The fourth-order valence-electron chi connectivity index (χ4n) is 1.61. The lowest BCUT2D eigenvalue weighted by Crippen LogP contribution is -2.02. The minimum Gasteiger partial charge on any atom is -0.467 e. The second kappa shape index (κ2) is 5.60. The highest BCUT2D eigenvalue weighted by molar-refractivity contribution is 5.54. The van der Waals surface area contributed by atoms with Crippen molar-refractivity contribution in [1.82, 2.24) is 15.0 Å². The van der Waals surface area contributed by atoms with Crippen molar-refractivity contribution in [2.45, 2.75) is 13.8 Å². The van der Waals surface area contributed by atoms with E-state index in [0.29, 0.717) is 11.4 Å². The lowest BCUT2D eigenvalue weighted by Gasteiger charge is -2.10. The molecular formula is C13H16N4O3. The molecule has 2 N–H and O–H groups in total. The fraction of sp³-hybridized carbons (Fsp3) is 0.308. The Labute approximate surface area is 116 Å². The molecule has 0 bridgehead atoms. The van der Waals surface area contributed by atoms with Gasteiger partial charge >= 0.3 is 18.0 Å². The van der Waals surface area contributed by atoms with Gasteiger partial charge in [-0.3, -0.25) is 0 Å². The summed E-state index contributed by atoms with van der Waals surface area (Å²) < 4.78 is 15.6. The van der Waals surface area contributed by atoms with Crippen LogP contribution >= 0.6 is 0 Å². The molecule has 1 aromatic heterocycles. The number of aromatic nitrogens is 3. The number of aryl methyl sites for hydroxylation is 2. The Kier molecular flexibility index (Phi) is 3.88. The van der Waals surface area contributed by atoms with Crippen LogP contribution in [-0.2, 0) is 0 Å². The van der Waals surface area contributed by atoms with Gasteiger partial charge in [-0.1, -0.05) is 6.07 Å². The summed E-state index contributed by atoms with van der Waals surface area (Å²) >= 11 is 0. The predicted octanol–water partition coefficient (Wildman–Crippen LogP) is 1.88. The number of ether oxygens (including phenoxy) is 3. The van der Waals surface area contributed by atoms with E-state index in [1.807, 2.05) is 19.9 Å². The fourth-order valence-corrected chi connectivity index (χ4v) is 1.61. The van der Waals surface area contributed by atoms with Crippen molar-refractivity contribution < 1.29 is 14.2 Å². The van der Waals surface area contributed by atoms with Crippen molar-refractivity contribution in [3.05, 3.63) is 23.3 Å². The molecule has 0 aliphatic heterocycles. The number of nitrogens with zero attached hydrogens (tertiary/aromatic N) is 3. The molecule has 2 aromatic rings. The average molecular weight is 276 g/mol. The van der Waals surface area contributed by atoms with Gasteiger partial charge in [0.1, 0.15) is 5.75 Å². The number of nitrogen functional groups attached to an aromatic ring is 1. The first-order valence-electron chi connectivity index (χ1n) is 5.92. The van der Waals surface area contributed by atoms with E-state index < -0.39 is 0 Å². The van der Waals surface area contributed by atoms with Gasteiger partial charge in [0.25, 0.3) is 0 Å². The van der Waals surface area contributed by atoms with Crippen molar-refractivity contribution >= 4 is 5.69 Å². The molecule has 0 aliphatic carbocycles. The van der Waals surface area contributed by atoms with Crippen molar-refractivity contribution in [2.24, 2.45) is 0 Å². The Balaban J connectivity index is 2.36. The molecular weight excluding hydrogens is 260 g/mol. The van der Waals surface area contributed by atoms with Crippen molar-refractivity contribution in [3.8, 4) is 23.8 Å². The molecule has 0 unspecified atom stereocenters. The predicted molar refractivity (Wildman–Crippen MR) is 73.3 cm³/mol. The lowest BCUT2D eigenvalue weighted by atomic mass is 10.1. The van der Waals surface area contributed by atoms with Gasteiger partial charge in [-0.2, -0.15) is 0 Å². The molecule has 0 fully saturated rings. The monoisotopic (exact) mass is 276 g/mol. The number of nitrogens with two attached hydrogens (primary N) is 1. The quantitative estimate of drug-likeness (QED) is 0.852. The van der Waals surface area contributed by atoms with Crippen LogP contribution in [0.4, 0.5) is 5.69 Å².